The van der Waals surface area contributed by atoms with Crippen LogP contribution in [-0.2, 0) is 12.8 Å². The van der Waals surface area contributed by atoms with Gasteiger partial charge in [0.2, 0.25) is 0 Å². The zero-order chi connectivity index (χ0) is 13.0. The smallest absolute Gasteiger partial charge is 0.0972 e. The van der Waals surface area contributed by atoms with Crippen molar-refractivity contribution in [3.05, 3.63) is 49.9 Å². The lowest BCUT2D eigenvalue weighted by Gasteiger charge is -2.02. The van der Waals surface area contributed by atoms with Crippen LogP contribution in [0.2, 0.25) is 10.0 Å². The number of hydrogen-bond donors (Lipinski definition) is 0. The minimum Gasteiger partial charge on any atom is -0.246 e. The largest absolute Gasteiger partial charge is 0.246 e. The van der Waals surface area contributed by atoms with Gasteiger partial charge in [0.15, 0.2) is 0 Å². The van der Waals surface area contributed by atoms with Crippen molar-refractivity contribution in [1.29, 1.82) is 0 Å². The molecule has 1 heterocycles. The lowest BCUT2D eigenvalue weighted by atomic mass is 10.1. The summed E-state index contributed by atoms with van der Waals surface area (Å²) in [6, 6.07) is 5.57. The summed E-state index contributed by atoms with van der Waals surface area (Å²) < 4.78 is 0. The van der Waals surface area contributed by atoms with E-state index in [9.17, 15) is 0 Å². The van der Waals surface area contributed by atoms with Gasteiger partial charge < -0.3 is 0 Å². The summed E-state index contributed by atoms with van der Waals surface area (Å²) in [5.74, 6) is 0.676. The molecular weight excluding hydrogens is 309 g/mol. The van der Waals surface area contributed by atoms with Crippen LogP contribution in [0.5, 0.6) is 0 Å². The zero-order valence-electron chi connectivity index (χ0n) is 9.63. The first-order valence-electron chi connectivity index (χ1n) is 5.62. The van der Waals surface area contributed by atoms with E-state index in [0.29, 0.717) is 15.9 Å². The summed E-state index contributed by atoms with van der Waals surface area (Å²) in [4.78, 5) is 4.57. The van der Waals surface area contributed by atoms with Crippen LogP contribution in [-0.4, -0.2) is 10.9 Å². The third kappa shape index (κ3) is 3.86. The number of alkyl halides is 1. The van der Waals surface area contributed by atoms with Crippen molar-refractivity contribution in [2.24, 2.45) is 0 Å². The van der Waals surface area contributed by atoms with Gasteiger partial charge in [-0.25, -0.2) is 4.98 Å². The Morgan fingerprint density at radius 2 is 2.06 bits per heavy atom. The van der Waals surface area contributed by atoms with Gasteiger partial charge in [0, 0.05) is 27.7 Å². The SMILES string of the molecule is ClCCCc1csc(Cc2ccc(Cl)cc2Cl)n1. The molecule has 0 spiro atoms. The molecule has 96 valence electrons. The highest BCUT2D eigenvalue weighted by Gasteiger charge is 2.06. The highest BCUT2D eigenvalue weighted by Crippen LogP contribution is 2.24. The summed E-state index contributed by atoms with van der Waals surface area (Å²) in [6.07, 6.45) is 2.66. The molecule has 1 aromatic heterocycles. The Morgan fingerprint density at radius 1 is 1.22 bits per heavy atom. The third-order valence-electron chi connectivity index (χ3n) is 2.52. The Kier molecular flexibility index (Phi) is 5.31. The van der Waals surface area contributed by atoms with Crippen LogP contribution in [0.25, 0.3) is 0 Å². The number of aromatic nitrogens is 1. The maximum Gasteiger partial charge on any atom is 0.0972 e. The molecule has 0 amide bonds. The predicted molar refractivity (Wildman–Crippen MR) is 80.4 cm³/mol. The lowest BCUT2D eigenvalue weighted by molar-refractivity contribution is 0.889. The van der Waals surface area contributed by atoms with Crippen molar-refractivity contribution >= 4 is 46.1 Å². The molecule has 2 rings (SSSR count). The monoisotopic (exact) mass is 319 g/mol. The summed E-state index contributed by atoms with van der Waals surface area (Å²) in [5, 5.41) is 4.51. The summed E-state index contributed by atoms with van der Waals surface area (Å²) in [5.41, 5.74) is 2.17. The van der Waals surface area contributed by atoms with E-state index in [2.05, 4.69) is 10.4 Å². The predicted octanol–water partition coefficient (Wildman–Crippen LogP) is 5.21. The van der Waals surface area contributed by atoms with Gasteiger partial charge in [-0.3, -0.25) is 0 Å². The van der Waals surface area contributed by atoms with Crippen LogP contribution in [0.15, 0.2) is 23.6 Å². The van der Waals surface area contributed by atoms with Crippen molar-refractivity contribution < 1.29 is 0 Å². The van der Waals surface area contributed by atoms with Crippen molar-refractivity contribution in [3.8, 4) is 0 Å². The van der Waals surface area contributed by atoms with E-state index in [1.165, 1.54) is 0 Å². The number of benzene rings is 1. The van der Waals surface area contributed by atoms with E-state index in [1.54, 1.807) is 17.4 Å². The van der Waals surface area contributed by atoms with E-state index in [4.69, 9.17) is 34.8 Å². The number of thiazole rings is 1. The molecule has 0 aliphatic heterocycles. The molecule has 0 radical (unpaired) electrons. The molecule has 0 bridgehead atoms. The average Bonchev–Trinajstić information content (AvgIpc) is 2.78. The van der Waals surface area contributed by atoms with E-state index in [-0.39, 0.29) is 0 Å². The fourth-order valence-electron chi connectivity index (χ4n) is 1.62. The van der Waals surface area contributed by atoms with Gasteiger partial charge >= 0.3 is 0 Å². The molecular formula is C13H12Cl3NS. The maximum absolute atomic E-state index is 6.14. The quantitative estimate of drug-likeness (QED) is 0.689. The second-order valence-electron chi connectivity index (χ2n) is 3.94. The maximum atomic E-state index is 6.14. The number of halogens is 3. The van der Waals surface area contributed by atoms with Crippen molar-refractivity contribution in [2.45, 2.75) is 19.3 Å². The minimum absolute atomic E-state index is 0.658. The molecule has 0 saturated carbocycles. The Labute approximate surface area is 126 Å². The number of nitrogens with zero attached hydrogens (tertiary/aromatic N) is 1. The fourth-order valence-corrected chi connectivity index (χ4v) is 3.08. The average molecular weight is 321 g/mol. The molecule has 0 aliphatic carbocycles. The fraction of sp³-hybridized carbons (Fsp3) is 0.308. The second kappa shape index (κ2) is 6.76. The van der Waals surface area contributed by atoms with Gasteiger partial charge in [-0.2, -0.15) is 0 Å². The Hall–Kier alpha value is -0.280. The zero-order valence-corrected chi connectivity index (χ0v) is 12.7. The van der Waals surface area contributed by atoms with Crippen molar-refractivity contribution in [1.82, 2.24) is 4.98 Å². The van der Waals surface area contributed by atoms with Crippen molar-refractivity contribution in [3.63, 3.8) is 0 Å². The molecule has 18 heavy (non-hydrogen) atoms. The van der Waals surface area contributed by atoms with E-state index in [0.717, 1.165) is 35.5 Å². The van der Waals surface area contributed by atoms with Crippen LogP contribution in [0.1, 0.15) is 22.7 Å². The highest BCUT2D eigenvalue weighted by atomic mass is 35.5. The Bertz CT molecular complexity index is 525. The van der Waals surface area contributed by atoms with Gasteiger partial charge in [0.1, 0.15) is 0 Å². The van der Waals surface area contributed by atoms with Crippen LogP contribution < -0.4 is 0 Å². The molecule has 0 atom stereocenters. The molecule has 0 fully saturated rings. The van der Waals surface area contributed by atoms with Gasteiger partial charge in [0.25, 0.3) is 0 Å². The Morgan fingerprint density at radius 3 is 2.78 bits per heavy atom. The first-order valence-corrected chi connectivity index (χ1v) is 7.79. The highest BCUT2D eigenvalue weighted by molar-refractivity contribution is 7.09. The van der Waals surface area contributed by atoms with E-state index >= 15 is 0 Å². The number of aryl methyl sites for hydroxylation is 1. The second-order valence-corrected chi connectivity index (χ2v) is 6.10. The number of hydrogen-bond acceptors (Lipinski definition) is 2. The summed E-state index contributed by atoms with van der Waals surface area (Å²) in [6.45, 7) is 0. The topological polar surface area (TPSA) is 12.9 Å². The molecule has 2 aromatic rings. The minimum atomic E-state index is 0.658. The third-order valence-corrected chi connectivity index (χ3v) is 4.27. The van der Waals surface area contributed by atoms with Gasteiger partial charge in [-0.05, 0) is 30.5 Å². The molecule has 0 N–H and O–H groups in total. The van der Waals surface area contributed by atoms with Crippen LogP contribution in [0.4, 0.5) is 0 Å². The summed E-state index contributed by atoms with van der Waals surface area (Å²) >= 11 is 19.3. The molecule has 1 aromatic carbocycles. The van der Waals surface area contributed by atoms with Crippen LogP contribution >= 0.6 is 46.1 Å². The normalized spacial score (nSPS) is 10.8. The summed E-state index contributed by atoms with van der Waals surface area (Å²) in [7, 11) is 0. The van der Waals surface area contributed by atoms with Crippen LogP contribution in [0, 0.1) is 0 Å². The molecule has 0 unspecified atom stereocenters. The Balaban J connectivity index is 2.06. The number of rotatable bonds is 5. The molecule has 5 heteroatoms. The van der Waals surface area contributed by atoms with Gasteiger partial charge in [-0.1, -0.05) is 29.3 Å². The first-order chi connectivity index (χ1) is 8.69. The molecule has 0 aliphatic rings. The first kappa shape index (κ1) is 14.1. The molecule has 1 nitrogen and oxygen atoms in total. The molecule has 0 saturated heterocycles. The standard InChI is InChI=1S/C13H12Cl3NS/c14-5-1-2-11-8-18-13(17-11)6-9-3-4-10(15)7-12(9)16/h3-4,7-8H,1-2,5-6H2. The van der Waals surface area contributed by atoms with Crippen LogP contribution in [0.3, 0.4) is 0 Å². The lowest BCUT2D eigenvalue weighted by Crippen LogP contribution is -1.91. The van der Waals surface area contributed by atoms with Gasteiger partial charge in [-0.15, -0.1) is 22.9 Å². The van der Waals surface area contributed by atoms with Gasteiger partial charge in [0.05, 0.1) is 10.7 Å². The van der Waals surface area contributed by atoms with E-state index < -0.39 is 0 Å². The van der Waals surface area contributed by atoms with E-state index in [1.807, 2.05) is 12.1 Å². The van der Waals surface area contributed by atoms with Crippen molar-refractivity contribution in [2.75, 3.05) is 5.88 Å².